The molecule has 3 aliphatic heterocycles. The summed E-state index contributed by atoms with van der Waals surface area (Å²) in [6.45, 7) is 0. The topological polar surface area (TPSA) is 0 Å². The summed E-state index contributed by atoms with van der Waals surface area (Å²) in [5.74, 6) is 1.19. The number of hydrogen-bond donors (Lipinski definition) is 0. The Hall–Kier alpha value is 0.270. The van der Waals surface area contributed by atoms with E-state index in [-0.39, 0.29) is 0 Å². The number of thioether (sulfide) groups is 3. The highest BCUT2D eigenvalue weighted by molar-refractivity contribution is 8.23. The highest BCUT2D eigenvalue weighted by Crippen LogP contribution is 2.64. The first-order chi connectivity index (χ1) is 5.42. The lowest BCUT2D eigenvalue weighted by Gasteiger charge is -2.20. The average molecular weight is 198 g/mol. The Bertz CT molecular complexity index is 300. The summed E-state index contributed by atoms with van der Waals surface area (Å²) in [4.78, 5) is 1.55. The van der Waals surface area contributed by atoms with Crippen molar-refractivity contribution in [3.8, 4) is 0 Å². The summed E-state index contributed by atoms with van der Waals surface area (Å²) in [5.41, 5.74) is 1.50. The van der Waals surface area contributed by atoms with Crippen molar-refractivity contribution in [2.75, 3.05) is 5.75 Å². The molecule has 0 saturated heterocycles. The lowest BCUT2D eigenvalue weighted by molar-refractivity contribution is 1.27. The number of allylic oxidation sites excluding steroid dienone is 1. The molecule has 0 radical (unpaired) electrons. The van der Waals surface area contributed by atoms with E-state index in [9.17, 15) is 0 Å². The van der Waals surface area contributed by atoms with Crippen LogP contribution in [0.2, 0.25) is 0 Å². The Balaban J connectivity index is 2.18. The maximum atomic E-state index is 2.36. The van der Waals surface area contributed by atoms with Crippen LogP contribution in [0.25, 0.3) is 0 Å². The van der Waals surface area contributed by atoms with E-state index in [4.69, 9.17) is 0 Å². The maximum absolute atomic E-state index is 2.36. The fourth-order valence-corrected chi connectivity index (χ4v) is 5.85. The van der Waals surface area contributed by atoms with Crippen molar-refractivity contribution in [2.45, 2.75) is 4.08 Å². The molecule has 0 aromatic rings. The molecule has 1 unspecified atom stereocenters. The molecule has 3 heterocycles. The van der Waals surface area contributed by atoms with Crippen LogP contribution in [-0.2, 0) is 0 Å². The zero-order valence-electron chi connectivity index (χ0n) is 5.74. The van der Waals surface area contributed by atoms with Crippen molar-refractivity contribution < 1.29 is 0 Å². The summed E-state index contributed by atoms with van der Waals surface area (Å²) >= 11 is 5.91. The molecule has 3 rings (SSSR count). The molecule has 0 amide bonds. The Kier molecular flexibility index (Phi) is 1.32. The summed E-state index contributed by atoms with van der Waals surface area (Å²) in [7, 11) is 0. The molecule has 0 aromatic heterocycles. The van der Waals surface area contributed by atoms with E-state index in [1.54, 1.807) is 4.91 Å². The monoisotopic (exact) mass is 198 g/mol. The fraction of sp³-hybridized carbons (Fsp3) is 0.250. The van der Waals surface area contributed by atoms with Gasteiger partial charge in [0.2, 0.25) is 0 Å². The second-order valence-electron chi connectivity index (χ2n) is 2.61. The Morgan fingerprint density at radius 2 is 2.45 bits per heavy atom. The quantitative estimate of drug-likeness (QED) is 0.586. The molecule has 0 nitrogen and oxygen atoms in total. The minimum atomic E-state index is 0.324. The second kappa shape index (κ2) is 2.15. The second-order valence-corrected chi connectivity index (χ2v) is 6.13. The van der Waals surface area contributed by atoms with Crippen molar-refractivity contribution in [3.63, 3.8) is 0 Å². The van der Waals surface area contributed by atoms with Gasteiger partial charge in [0.1, 0.15) is 4.08 Å². The van der Waals surface area contributed by atoms with Gasteiger partial charge in [0.15, 0.2) is 0 Å². The fourth-order valence-electron chi connectivity index (χ4n) is 1.51. The highest BCUT2D eigenvalue weighted by atomic mass is 32.2. The lowest BCUT2D eigenvalue weighted by atomic mass is 10.2. The van der Waals surface area contributed by atoms with E-state index in [2.05, 4.69) is 23.0 Å². The van der Waals surface area contributed by atoms with Crippen LogP contribution in [0.4, 0.5) is 0 Å². The van der Waals surface area contributed by atoms with Crippen LogP contribution >= 0.6 is 35.3 Å². The molecule has 3 heteroatoms. The molecule has 56 valence electrons. The Morgan fingerprint density at radius 1 is 1.45 bits per heavy atom. The molecule has 0 N–H and O–H groups in total. The van der Waals surface area contributed by atoms with Crippen LogP contribution in [0.1, 0.15) is 0 Å². The summed E-state index contributed by atoms with van der Waals surface area (Å²) in [6.07, 6.45) is 4.61. The predicted molar refractivity (Wildman–Crippen MR) is 55.7 cm³/mol. The Labute approximate surface area is 78.6 Å². The van der Waals surface area contributed by atoms with Gasteiger partial charge in [-0.15, -0.1) is 23.5 Å². The van der Waals surface area contributed by atoms with E-state index in [0.29, 0.717) is 4.08 Å². The van der Waals surface area contributed by atoms with E-state index < -0.39 is 0 Å². The molecule has 0 fully saturated rings. The van der Waals surface area contributed by atoms with Crippen molar-refractivity contribution in [2.24, 2.45) is 0 Å². The number of rotatable bonds is 0. The Morgan fingerprint density at radius 3 is 3.45 bits per heavy atom. The first kappa shape index (κ1) is 6.75. The molecule has 1 atom stereocenters. The maximum Gasteiger partial charge on any atom is 0.122 e. The summed E-state index contributed by atoms with van der Waals surface area (Å²) in [5, 5.41) is 4.51. The molecule has 1 spiro atoms. The molecule has 0 saturated carbocycles. The smallest absolute Gasteiger partial charge is 0.122 e. The van der Waals surface area contributed by atoms with Gasteiger partial charge in [0.05, 0.1) is 0 Å². The first-order valence-corrected chi connectivity index (χ1v) is 6.22. The zero-order chi connectivity index (χ0) is 7.31. The van der Waals surface area contributed by atoms with Gasteiger partial charge in [0, 0.05) is 10.7 Å². The van der Waals surface area contributed by atoms with E-state index in [0.717, 1.165) is 0 Å². The van der Waals surface area contributed by atoms with Crippen LogP contribution < -0.4 is 0 Å². The van der Waals surface area contributed by atoms with Crippen LogP contribution in [0, 0.1) is 0 Å². The van der Waals surface area contributed by atoms with Crippen molar-refractivity contribution in [1.82, 2.24) is 0 Å². The molecular formula is C8H6S3. The molecule has 0 bridgehead atoms. The lowest BCUT2D eigenvalue weighted by Crippen LogP contribution is -2.13. The average Bonchev–Trinajstić information content (AvgIpc) is 2.55. The van der Waals surface area contributed by atoms with Crippen LogP contribution in [0.3, 0.4) is 0 Å². The highest BCUT2D eigenvalue weighted by Gasteiger charge is 2.46. The van der Waals surface area contributed by atoms with Gasteiger partial charge in [-0.25, -0.2) is 0 Å². The molecule has 0 aliphatic carbocycles. The molecule has 0 aromatic carbocycles. The third-order valence-electron chi connectivity index (χ3n) is 2.05. The van der Waals surface area contributed by atoms with Gasteiger partial charge in [-0.3, -0.25) is 0 Å². The molecule has 3 aliphatic rings. The number of hydrogen-bond acceptors (Lipinski definition) is 3. The van der Waals surface area contributed by atoms with E-state index in [1.165, 1.54) is 11.3 Å². The van der Waals surface area contributed by atoms with E-state index >= 15 is 0 Å². The SMILES string of the molecule is C1=CC2=CSC3=CCSC23S1. The van der Waals surface area contributed by atoms with Gasteiger partial charge >= 0.3 is 0 Å². The molecule has 11 heavy (non-hydrogen) atoms. The van der Waals surface area contributed by atoms with Crippen LogP contribution in [0.5, 0.6) is 0 Å². The first-order valence-electron chi connectivity index (χ1n) is 3.48. The zero-order valence-corrected chi connectivity index (χ0v) is 8.19. The van der Waals surface area contributed by atoms with Crippen molar-refractivity contribution in [1.29, 1.82) is 0 Å². The molecular weight excluding hydrogens is 192 g/mol. The third kappa shape index (κ3) is 0.718. The minimum absolute atomic E-state index is 0.324. The van der Waals surface area contributed by atoms with Crippen molar-refractivity contribution in [3.05, 3.63) is 33.4 Å². The van der Waals surface area contributed by atoms with Crippen molar-refractivity contribution >= 4 is 35.3 Å². The van der Waals surface area contributed by atoms with Gasteiger partial charge in [-0.2, -0.15) is 0 Å². The van der Waals surface area contributed by atoms with Crippen LogP contribution in [0.15, 0.2) is 33.4 Å². The van der Waals surface area contributed by atoms with Gasteiger partial charge in [-0.1, -0.05) is 17.8 Å². The van der Waals surface area contributed by atoms with Gasteiger partial charge in [-0.05, 0) is 22.5 Å². The van der Waals surface area contributed by atoms with E-state index in [1.807, 2.05) is 35.3 Å². The largest absolute Gasteiger partial charge is 0.130 e. The van der Waals surface area contributed by atoms with Crippen LogP contribution in [-0.4, -0.2) is 9.83 Å². The van der Waals surface area contributed by atoms with Gasteiger partial charge in [0.25, 0.3) is 0 Å². The minimum Gasteiger partial charge on any atom is -0.130 e. The summed E-state index contributed by atoms with van der Waals surface area (Å²) < 4.78 is 0.324. The predicted octanol–water partition coefficient (Wildman–Crippen LogP) is 3.20. The normalized spacial score (nSPS) is 38.5. The van der Waals surface area contributed by atoms with Gasteiger partial charge < -0.3 is 0 Å². The third-order valence-corrected chi connectivity index (χ3v) is 6.31. The standard InChI is InChI=1S/C8H6S3/c1-3-10-8-6(1)5-9-7(8)2-4-11-8/h1-3,5H,4H2. The summed E-state index contributed by atoms with van der Waals surface area (Å²) in [6, 6.07) is 0.